The quantitative estimate of drug-likeness (QED) is 0.412. The predicted octanol–water partition coefficient (Wildman–Crippen LogP) is 3.48. The van der Waals surface area contributed by atoms with Gasteiger partial charge in [-0.2, -0.15) is 0 Å². The van der Waals surface area contributed by atoms with Gasteiger partial charge in [-0.25, -0.2) is 0 Å². The van der Waals surface area contributed by atoms with Crippen LogP contribution in [0.5, 0.6) is 0 Å². The van der Waals surface area contributed by atoms with Gasteiger partial charge in [-0.15, -0.1) is 0 Å². The molecule has 0 saturated heterocycles. The normalized spacial score (nSPS) is 11.7. The van der Waals surface area contributed by atoms with Gasteiger partial charge in [0.15, 0.2) is 0 Å². The van der Waals surface area contributed by atoms with Crippen LogP contribution in [0, 0.1) is 0 Å². The molecule has 0 unspecified atom stereocenters. The number of hydrogen-bond donors (Lipinski definition) is 0. The Morgan fingerprint density at radius 3 is 1.00 bits per heavy atom. The van der Waals surface area contributed by atoms with Crippen molar-refractivity contribution in [1.82, 2.24) is 0 Å². The van der Waals surface area contributed by atoms with Crippen molar-refractivity contribution in [2.75, 3.05) is 24.6 Å². The van der Waals surface area contributed by atoms with Gasteiger partial charge >= 0.3 is 82.5 Å². The molecule has 74 valence electrons. The van der Waals surface area contributed by atoms with Crippen LogP contribution in [0.3, 0.4) is 0 Å². The molecule has 0 aliphatic heterocycles. The Bertz CT molecular complexity index is 146. The zero-order valence-corrected chi connectivity index (χ0v) is 9.47. The molecule has 0 radical (unpaired) electrons. The first-order valence-corrected chi connectivity index (χ1v) is 7.51. The fraction of sp³-hybridized carbons (Fsp3) is 0.333. The first-order valence-electron chi connectivity index (χ1n) is 4.68. The molecule has 0 fully saturated rings. The van der Waals surface area contributed by atoms with Crippen molar-refractivity contribution in [3.63, 3.8) is 0 Å². The van der Waals surface area contributed by atoms with Gasteiger partial charge in [0.1, 0.15) is 0 Å². The number of rotatable bonds is 8. The van der Waals surface area contributed by atoms with Crippen LogP contribution in [0.2, 0.25) is 0 Å². The van der Waals surface area contributed by atoms with Crippen molar-refractivity contribution in [2.24, 2.45) is 0 Å². The summed E-state index contributed by atoms with van der Waals surface area (Å²) in [6.07, 6.45) is 12.7. The summed E-state index contributed by atoms with van der Waals surface area (Å²) in [5, 5.41) is 0. The van der Waals surface area contributed by atoms with Crippen LogP contribution in [-0.2, 0) is 0 Å². The molecule has 0 aliphatic rings. The van der Waals surface area contributed by atoms with E-state index in [-0.39, 0.29) is 0 Å². The molecule has 0 atom stereocenters. The summed E-state index contributed by atoms with van der Waals surface area (Å²) in [6.45, 7) is 15.3. The fourth-order valence-corrected chi connectivity index (χ4v) is 5.17. The maximum atomic E-state index is 3.82. The molecule has 0 amide bonds. The third-order valence-corrected chi connectivity index (χ3v) is 6.93. The Hall–Kier alpha value is -0.610. The van der Waals surface area contributed by atoms with Crippen LogP contribution in [0.15, 0.2) is 50.6 Å². The Balaban J connectivity index is 4.53. The van der Waals surface area contributed by atoms with E-state index in [0.29, 0.717) is 0 Å². The fourth-order valence-electron chi connectivity index (χ4n) is 1.72. The Morgan fingerprint density at radius 2 is 0.846 bits per heavy atom. The van der Waals surface area contributed by atoms with E-state index in [1.54, 1.807) is 0 Å². The Morgan fingerprint density at radius 1 is 0.615 bits per heavy atom. The molecule has 0 saturated carbocycles. The van der Waals surface area contributed by atoms with E-state index in [1.165, 1.54) is 0 Å². The number of hydrogen-bond acceptors (Lipinski definition) is 0. The van der Waals surface area contributed by atoms with E-state index in [0.717, 1.165) is 24.6 Å². The van der Waals surface area contributed by atoms with E-state index < -0.39 is 7.26 Å². The minimum atomic E-state index is -1.27. The van der Waals surface area contributed by atoms with Crippen molar-refractivity contribution >= 4 is 7.26 Å². The van der Waals surface area contributed by atoms with Gasteiger partial charge in [0.25, 0.3) is 0 Å². The van der Waals surface area contributed by atoms with Crippen LogP contribution >= 0.6 is 7.26 Å². The molecule has 13 heavy (non-hydrogen) atoms. The second-order valence-corrected chi connectivity index (χ2v) is 8.10. The van der Waals surface area contributed by atoms with E-state index in [2.05, 4.69) is 26.3 Å². The van der Waals surface area contributed by atoms with Gasteiger partial charge in [-0.05, 0) is 0 Å². The Labute approximate surface area is 83.1 Å². The summed E-state index contributed by atoms with van der Waals surface area (Å²) >= 11 is 0. The zero-order chi connectivity index (χ0) is 10.2. The second-order valence-electron chi connectivity index (χ2n) is 3.47. The van der Waals surface area contributed by atoms with Crippen LogP contribution in [0.25, 0.3) is 0 Å². The summed E-state index contributed by atoms with van der Waals surface area (Å²) in [6, 6.07) is 0. The topological polar surface area (TPSA) is 0 Å². The van der Waals surface area contributed by atoms with Crippen molar-refractivity contribution in [3.8, 4) is 0 Å². The van der Waals surface area contributed by atoms with Crippen LogP contribution in [-0.4, -0.2) is 24.6 Å². The average molecular weight is 196 g/mol. The van der Waals surface area contributed by atoms with Gasteiger partial charge in [0.05, 0.1) is 0 Å². The molecule has 0 spiro atoms. The standard InChI is InChI=1S/C12H21P/c1-5-9-13(10-6-2,11-7-3)12-8-4/h5-8,13H,1-4,9-12H2. The predicted molar refractivity (Wildman–Crippen MR) is 68.6 cm³/mol. The third-order valence-electron chi connectivity index (χ3n) is 2.31. The minimum absolute atomic E-state index is 1.14. The van der Waals surface area contributed by atoms with Crippen molar-refractivity contribution < 1.29 is 0 Å². The molecule has 0 aromatic carbocycles. The summed E-state index contributed by atoms with van der Waals surface area (Å²) in [4.78, 5) is 0. The van der Waals surface area contributed by atoms with Crippen molar-refractivity contribution in [1.29, 1.82) is 0 Å². The van der Waals surface area contributed by atoms with Gasteiger partial charge in [-0.3, -0.25) is 0 Å². The molecule has 0 nitrogen and oxygen atoms in total. The van der Waals surface area contributed by atoms with Crippen LogP contribution < -0.4 is 0 Å². The van der Waals surface area contributed by atoms with Crippen LogP contribution in [0.1, 0.15) is 0 Å². The molecule has 0 bridgehead atoms. The summed E-state index contributed by atoms with van der Waals surface area (Å²) < 4.78 is 0. The van der Waals surface area contributed by atoms with Gasteiger partial charge < -0.3 is 0 Å². The van der Waals surface area contributed by atoms with Gasteiger partial charge in [0, 0.05) is 0 Å². The number of allylic oxidation sites excluding steroid dienone is 4. The molecule has 1 heteroatoms. The monoisotopic (exact) mass is 196 g/mol. The summed E-state index contributed by atoms with van der Waals surface area (Å²) in [5.74, 6) is 0. The van der Waals surface area contributed by atoms with Gasteiger partial charge in [-0.1, -0.05) is 0 Å². The second kappa shape index (κ2) is 6.86. The van der Waals surface area contributed by atoms with Crippen molar-refractivity contribution in [3.05, 3.63) is 50.6 Å². The third kappa shape index (κ3) is 4.24. The molecular weight excluding hydrogens is 175 g/mol. The van der Waals surface area contributed by atoms with Crippen LogP contribution in [0.4, 0.5) is 0 Å². The molecule has 0 heterocycles. The summed E-state index contributed by atoms with van der Waals surface area (Å²) in [7, 11) is -1.27. The first-order chi connectivity index (χ1) is 6.24. The molecule has 0 aliphatic carbocycles. The molecule has 0 rings (SSSR count). The van der Waals surface area contributed by atoms with E-state index in [9.17, 15) is 0 Å². The van der Waals surface area contributed by atoms with Crippen molar-refractivity contribution in [2.45, 2.75) is 0 Å². The SMILES string of the molecule is C=CC[PH](CC=C)(CC=C)CC=C. The Kier molecular flexibility index (Phi) is 6.54. The maximum absolute atomic E-state index is 3.82. The summed E-state index contributed by atoms with van der Waals surface area (Å²) in [5.41, 5.74) is 0. The van der Waals surface area contributed by atoms with E-state index in [4.69, 9.17) is 0 Å². The zero-order valence-electron chi connectivity index (χ0n) is 8.47. The van der Waals surface area contributed by atoms with Gasteiger partial charge in [0.2, 0.25) is 0 Å². The first kappa shape index (κ1) is 12.4. The van der Waals surface area contributed by atoms with E-state index in [1.807, 2.05) is 24.3 Å². The molecule has 0 aromatic rings. The van der Waals surface area contributed by atoms with E-state index >= 15 is 0 Å². The molecular formula is C12H21P. The molecule has 0 aromatic heterocycles. The molecule has 0 N–H and O–H groups in total. The average Bonchev–Trinajstić information content (AvgIpc) is 2.06.